The maximum atomic E-state index is 9.12. The second-order valence-corrected chi connectivity index (χ2v) is 4.11. The van der Waals surface area contributed by atoms with Gasteiger partial charge in [-0.2, -0.15) is 5.26 Å². The molecule has 0 spiro atoms. The zero-order chi connectivity index (χ0) is 12.5. The van der Waals surface area contributed by atoms with E-state index in [-0.39, 0.29) is 0 Å². The molecular formula is C11H11N7. The lowest BCUT2D eigenvalue weighted by atomic mass is 10.2. The Bertz CT molecular complexity index is 625. The van der Waals surface area contributed by atoms with Gasteiger partial charge in [-0.1, -0.05) is 0 Å². The summed E-state index contributed by atoms with van der Waals surface area (Å²) in [5, 5.41) is 17.0. The molecule has 1 aliphatic heterocycles. The van der Waals surface area contributed by atoms with Crippen molar-refractivity contribution in [2.45, 2.75) is 13.1 Å². The quantitative estimate of drug-likeness (QED) is 0.763. The molecule has 0 atom stereocenters. The van der Waals surface area contributed by atoms with Crippen LogP contribution in [0.3, 0.4) is 0 Å². The Morgan fingerprint density at radius 1 is 1.39 bits per heavy atom. The average molecular weight is 241 g/mol. The molecule has 0 aliphatic carbocycles. The highest BCUT2D eigenvalue weighted by molar-refractivity contribution is 5.59. The molecule has 7 heteroatoms. The van der Waals surface area contributed by atoms with Crippen LogP contribution in [0.25, 0.3) is 0 Å². The number of nitrogen functional groups attached to an aromatic ring is 1. The van der Waals surface area contributed by atoms with Crippen molar-refractivity contribution in [3.63, 3.8) is 0 Å². The van der Waals surface area contributed by atoms with Gasteiger partial charge in [-0.25, -0.2) is 4.98 Å². The van der Waals surface area contributed by atoms with Gasteiger partial charge in [0, 0.05) is 13.1 Å². The summed E-state index contributed by atoms with van der Waals surface area (Å²) in [7, 11) is 0. The summed E-state index contributed by atoms with van der Waals surface area (Å²) < 4.78 is 2.00. The molecule has 0 amide bonds. The first-order valence-electron chi connectivity index (χ1n) is 5.55. The third kappa shape index (κ3) is 1.64. The van der Waals surface area contributed by atoms with Crippen molar-refractivity contribution in [1.82, 2.24) is 19.7 Å². The number of hydrogen-bond acceptors (Lipinski definition) is 6. The first kappa shape index (κ1) is 10.5. The number of anilines is 2. The molecular weight excluding hydrogens is 230 g/mol. The van der Waals surface area contributed by atoms with E-state index in [1.165, 1.54) is 0 Å². The largest absolute Gasteiger partial charge is 0.397 e. The lowest BCUT2D eigenvalue weighted by Gasteiger charge is -2.28. The Labute approximate surface area is 103 Å². The van der Waals surface area contributed by atoms with E-state index in [1.807, 2.05) is 9.47 Å². The van der Waals surface area contributed by atoms with Crippen LogP contribution in [0.2, 0.25) is 0 Å². The van der Waals surface area contributed by atoms with Crippen LogP contribution in [-0.4, -0.2) is 26.3 Å². The van der Waals surface area contributed by atoms with Gasteiger partial charge in [0.2, 0.25) is 0 Å². The van der Waals surface area contributed by atoms with Gasteiger partial charge in [-0.15, -0.1) is 10.2 Å². The van der Waals surface area contributed by atoms with Gasteiger partial charge in [0.25, 0.3) is 0 Å². The van der Waals surface area contributed by atoms with Gasteiger partial charge in [-0.05, 0) is 6.07 Å². The summed E-state index contributed by atoms with van der Waals surface area (Å²) in [6.45, 7) is 2.17. The topological polar surface area (TPSA) is 96.7 Å². The summed E-state index contributed by atoms with van der Waals surface area (Å²) in [5.74, 6) is 1.53. The molecule has 0 radical (unpaired) electrons. The van der Waals surface area contributed by atoms with Crippen LogP contribution in [-0.2, 0) is 13.1 Å². The van der Waals surface area contributed by atoms with Crippen molar-refractivity contribution in [2.75, 3.05) is 17.2 Å². The minimum absolute atomic E-state index is 0.489. The summed E-state index contributed by atoms with van der Waals surface area (Å²) in [4.78, 5) is 6.27. The highest BCUT2D eigenvalue weighted by Gasteiger charge is 2.20. The smallest absolute Gasteiger partial charge is 0.152 e. The predicted octanol–water partition coefficient (Wildman–Crippen LogP) is 0.147. The van der Waals surface area contributed by atoms with Gasteiger partial charge in [-0.3, -0.25) is 0 Å². The van der Waals surface area contributed by atoms with Crippen LogP contribution in [0.4, 0.5) is 11.5 Å². The number of hydrogen-bond donors (Lipinski definition) is 1. The zero-order valence-electron chi connectivity index (χ0n) is 9.61. The monoisotopic (exact) mass is 241 g/mol. The van der Waals surface area contributed by atoms with Crippen molar-refractivity contribution >= 4 is 11.5 Å². The molecule has 0 fully saturated rings. The van der Waals surface area contributed by atoms with Crippen molar-refractivity contribution in [3.05, 3.63) is 30.0 Å². The summed E-state index contributed by atoms with van der Waals surface area (Å²) in [6.07, 6.45) is 3.28. The third-order valence-electron chi connectivity index (χ3n) is 2.95. The van der Waals surface area contributed by atoms with E-state index >= 15 is 0 Å². The molecule has 3 heterocycles. The Kier molecular flexibility index (Phi) is 2.34. The molecule has 3 rings (SSSR count). The number of aromatic nitrogens is 4. The summed E-state index contributed by atoms with van der Waals surface area (Å²) >= 11 is 0. The molecule has 18 heavy (non-hydrogen) atoms. The van der Waals surface area contributed by atoms with E-state index in [4.69, 9.17) is 11.0 Å². The molecule has 0 bridgehead atoms. The van der Waals surface area contributed by atoms with Crippen LogP contribution in [0, 0.1) is 11.3 Å². The fourth-order valence-corrected chi connectivity index (χ4v) is 2.06. The van der Waals surface area contributed by atoms with Crippen molar-refractivity contribution in [2.24, 2.45) is 0 Å². The van der Waals surface area contributed by atoms with Crippen molar-refractivity contribution in [1.29, 1.82) is 5.26 Å². The fourth-order valence-electron chi connectivity index (χ4n) is 2.06. The first-order valence-corrected chi connectivity index (χ1v) is 5.55. The molecule has 2 aromatic heterocycles. The Hall–Kier alpha value is -2.62. The van der Waals surface area contributed by atoms with Gasteiger partial charge in [0.05, 0.1) is 24.0 Å². The van der Waals surface area contributed by atoms with E-state index < -0.39 is 0 Å². The van der Waals surface area contributed by atoms with E-state index in [2.05, 4.69) is 21.3 Å². The zero-order valence-corrected chi connectivity index (χ0v) is 9.61. The highest BCUT2D eigenvalue weighted by Crippen LogP contribution is 2.22. The normalized spacial score (nSPS) is 14.1. The van der Waals surface area contributed by atoms with Gasteiger partial charge in [0.15, 0.2) is 5.82 Å². The van der Waals surface area contributed by atoms with Crippen LogP contribution >= 0.6 is 0 Å². The lowest BCUT2D eigenvalue weighted by Crippen LogP contribution is -2.34. The van der Waals surface area contributed by atoms with E-state index in [9.17, 15) is 0 Å². The maximum absolute atomic E-state index is 9.12. The third-order valence-corrected chi connectivity index (χ3v) is 2.95. The predicted molar refractivity (Wildman–Crippen MR) is 64.4 cm³/mol. The first-order chi connectivity index (χ1) is 8.78. The minimum Gasteiger partial charge on any atom is -0.397 e. The van der Waals surface area contributed by atoms with Crippen molar-refractivity contribution < 1.29 is 0 Å². The fraction of sp³-hybridized carbons (Fsp3) is 0.273. The minimum atomic E-state index is 0.489. The van der Waals surface area contributed by atoms with Crippen LogP contribution in [0.1, 0.15) is 11.4 Å². The van der Waals surface area contributed by atoms with E-state index in [0.717, 1.165) is 18.9 Å². The molecule has 0 unspecified atom stereocenters. The number of fused-ring (bicyclic) bond motifs is 1. The summed E-state index contributed by atoms with van der Waals surface area (Å²) in [5.41, 5.74) is 6.62. The van der Waals surface area contributed by atoms with Crippen LogP contribution in [0.15, 0.2) is 18.6 Å². The molecule has 0 saturated carbocycles. The summed E-state index contributed by atoms with van der Waals surface area (Å²) in [6, 6.07) is 3.77. The number of rotatable bonds is 1. The second kappa shape index (κ2) is 4.00. The van der Waals surface area contributed by atoms with E-state index in [1.54, 1.807) is 18.6 Å². The molecule has 2 N–H and O–H groups in total. The molecule has 90 valence electrons. The van der Waals surface area contributed by atoms with Crippen LogP contribution < -0.4 is 10.6 Å². The van der Waals surface area contributed by atoms with Crippen LogP contribution in [0.5, 0.6) is 0 Å². The SMILES string of the molecule is N#Cc1cc(N)cnc1N1CCn2cnnc2C1. The van der Waals surface area contributed by atoms with Crippen molar-refractivity contribution in [3.8, 4) is 6.07 Å². The molecule has 1 aliphatic rings. The Morgan fingerprint density at radius 2 is 2.28 bits per heavy atom. The standard InChI is InChI=1S/C11H11N7/c12-4-8-3-9(13)5-14-11(8)17-1-2-18-7-15-16-10(18)6-17/h3,5,7H,1-2,6,13H2. The lowest BCUT2D eigenvalue weighted by molar-refractivity contribution is 0.556. The average Bonchev–Trinajstić information content (AvgIpc) is 2.85. The Morgan fingerprint density at radius 3 is 3.11 bits per heavy atom. The number of pyridine rings is 1. The highest BCUT2D eigenvalue weighted by atomic mass is 15.3. The second-order valence-electron chi connectivity index (χ2n) is 4.11. The molecule has 2 aromatic rings. The molecule has 0 aromatic carbocycles. The molecule has 0 saturated heterocycles. The molecule has 7 nitrogen and oxygen atoms in total. The van der Waals surface area contributed by atoms with E-state index in [0.29, 0.717) is 23.6 Å². The van der Waals surface area contributed by atoms with Gasteiger partial charge < -0.3 is 15.2 Å². The van der Waals surface area contributed by atoms with Gasteiger partial charge in [0.1, 0.15) is 18.2 Å². The number of nitriles is 1. The Balaban J connectivity index is 1.96. The number of nitrogens with zero attached hydrogens (tertiary/aromatic N) is 6. The maximum Gasteiger partial charge on any atom is 0.152 e. The number of nitrogens with two attached hydrogens (primary N) is 1. The van der Waals surface area contributed by atoms with Gasteiger partial charge >= 0.3 is 0 Å².